The number of esters is 1. The zero-order valence-electron chi connectivity index (χ0n) is 48.5. The Kier molecular flexibility index (Phi) is 43.9. The normalized spacial score (nSPS) is 12.4. The van der Waals surface area contributed by atoms with E-state index in [1.807, 2.05) is 0 Å². The average molecular weight is 1020 g/mol. The standard InChI is InChI=1S/C59H120N4O5Si2/c1-11-59(66)67-52-46-45-51-63(5,6)56-58(65)61-50-44-48-54-70(9,10)68-69(7,8)53-47-42-40-38-36-34-32-30-28-26-24-22-20-18-16-14-13-15-17-19-21-23-25-27-29-31-33-35-37-39-41-43-49-60-57(64)55-62(3,4)12-2/h11H,1,12-56H2,2-10H3/p+2. The van der Waals surface area contributed by atoms with Gasteiger partial charge in [0.25, 0.3) is 11.8 Å². The molecule has 0 rings (SSSR count). The monoisotopic (exact) mass is 1020 g/mol. The maximum absolute atomic E-state index is 12.6. The first-order valence-electron chi connectivity index (χ1n) is 30.1. The van der Waals surface area contributed by atoms with Crippen LogP contribution in [-0.4, -0.2) is 117 Å². The molecule has 9 nitrogen and oxygen atoms in total. The molecule has 0 bridgehead atoms. The van der Waals surface area contributed by atoms with Crippen LogP contribution < -0.4 is 10.6 Å². The third kappa shape index (κ3) is 48.7. The number of carbonyl (C=O) groups excluding carboxylic acids is 3. The first kappa shape index (κ1) is 68.5. The first-order chi connectivity index (χ1) is 33.4. The molecule has 2 amide bonds. The molecule has 0 aliphatic carbocycles. The van der Waals surface area contributed by atoms with E-state index in [4.69, 9.17) is 8.85 Å². The number of likely N-dealkylation sites (N-methyl/N-ethyl adjacent to an activating group) is 2. The van der Waals surface area contributed by atoms with Crippen LogP contribution >= 0.6 is 0 Å². The second kappa shape index (κ2) is 44.9. The molecule has 0 aliphatic heterocycles. The van der Waals surface area contributed by atoms with Crippen LogP contribution in [0.5, 0.6) is 0 Å². The highest BCUT2D eigenvalue weighted by Gasteiger charge is 2.32. The van der Waals surface area contributed by atoms with Gasteiger partial charge in [-0.1, -0.05) is 212 Å². The lowest BCUT2D eigenvalue weighted by molar-refractivity contribution is -0.882. The van der Waals surface area contributed by atoms with Gasteiger partial charge in [0.05, 0.1) is 47.9 Å². The number of hydrogen-bond acceptors (Lipinski definition) is 5. The lowest BCUT2D eigenvalue weighted by Gasteiger charge is -2.34. The number of quaternary nitrogens is 2. The van der Waals surface area contributed by atoms with E-state index in [0.717, 1.165) is 68.8 Å². The molecule has 414 valence electrons. The largest absolute Gasteiger partial charge is 0.463 e. The highest BCUT2D eigenvalue weighted by molar-refractivity contribution is 6.84. The van der Waals surface area contributed by atoms with Gasteiger partial charge in [-0.2, -0.15) is 0 Å². The van der Waals surface area contributed by atoms with Gasteiger partial charge in [0.1, 0.15) is 0 Å². The molecule has 0 atom stereocenters. The van der Waals surface area contributed by atoms with Crippen molar-refractivity contribution in [3.05, 3.63) is 12.7 Å². The molecule has 11 heteroatoms. The Morgan fingerprint density at radius 1 is 0.429 bits per heavy atom. The molecule has 2 N–H and O–H groups in total. The molecule has 0 aromatic carbocycles. The number of unbranched alkanes of at least 4 members (excludes halogenated alkanes) is 33. The van der Waals surface area contributed by atoms with Gasteiger partial charge in [-0.25, -0.2) is 4.79 Å². The average Bonchev–Trinajstić information content (AvgIpc) is 3.29. The number of amides is 2. The summed E-state index contributed by atoms with van der Waals surface area (Å²) >= 11 is 0. The minimum Gasteiger partial charge on any atom is -0.463 e. The van der Waals surface area contributed by atoms with Gasteiger partial charge in [-0.15, -0.1) is 0 Å². The molecule has 0 radical (unpaired) electrons. The molecule has 0 saturated carbocycles. The Labute approximate surface area is 438 Å². The molecule has 0 unspecified atom stereocenters. The second-order valence-electron chi connectivity index (χ2n) is 24.1. The summed E-state index contributed by atoms with van der Waals surface area (Å²) in [5, 5.41) is 6.23. The molecular formula is C59H122N4O5Si2+2. The smallest absolute Gasteiger partial charge is 0.330 e. The van der Waals surface area contributed by atoms with Crippen LogP contribution in [0.15, 0.2) is 12.7 Å². The van der Waals surface area contributed by atoms with Crippen LogP contribution in [0.25, 0.3) is 0 Å². The summed E-state index contributed by atoms with van der Waals surface area (Å²) < 4.78 is 13.4. The fraction of sp³-hybridized carbons (Fsp3) is 0.915. The highest BCUT2D eigenvalue weighted by Crippen LogP contribution is 2.26. The van der Waals surface area contributed by atoms with Crippen molar-refractivity contribution >= 4 is 34.4 Å². The van der Waals surface area contributed by atoms with E-state index >= 15 is 0 Å². The fourth-order valence-electron chi connectivity index (χ4n) is 9.91. The Hall–Kier alpha value is -1.54. The number of ether oxygens (including phenoxy) is 1. The van der Waals surface area contributed by atoms with Gasteiger partial charge in [-0.3, -0.25) is 9.59 Å². The van der Waals surface area contributed by atoms with Crippen LogP contribution in [0.3, 0.4) is 0 Å². The van der Waals surface area contributed by atoms with Gasteiger partial charge in [-0.05, 0) is 70.9 Å². The van der Waals surface area contributed by atoms with Crippen molar-refractivity contribution in [2.75, 3.05) is 74.1 Å². The number of rotatable bonds is 53. The van der Waals surface area contributed by atoms with E-state index in [-0.39, 0.29) is 17.8 Å². The minimum absolute atomic E-state index is 0.109. The summed E-state index contributed by atoms with van der Waals surface area (Å²) in [5.74, 6) is -0.0733. The molecule has 0 aliphatic rings. The van der Waals surface area contributed by atoms with Gasteiger partial charge >= 0.3 is 5.97 Å². The van der Waals surface area contributed by atoms with E-state index < -0.39 is 16.6 Å². The number of nitrogens with one attached hydrogen (secondary N) is 2. The molecule has 0 heterocycles. The predicted octanol–water partition coefficient (Wildman–Crippen LogP) is 15.6. The van der Waals surface area contributed by atoms with Crippen LogP contribution in [0.2, 0.25) is 38.3 Å². The van der Waals surface area contributed by atoms with Gasteiger partial charge in [0, 0.05) is 19.2 Å². The third-order valence-electron chi connectivity index (χ3n) is 14.7. The summed E-state index contributed by atoms with van der Waals surface area (Å²) in [7, 11) is 5.03. The Morgan fingerprint density at radius 2 is 0.714 bits per heavy atom. The number of nitrogens with zero attached hydrogens (tertiary/aromatic N) is 2. The molecular weight excluding hydrogens is 901 g/mol. The first-order valence-corrected chi connectivity index (χ1v) is 36.3. The van der Waals surface area contributed by atoms with Crippen LogP contribution in [-0.2, 0) is 23.2 Å². The quantitative estimate of drug-likeness (QED) is 0.0208. The fourth-order valence-corrected chi connectivity index (χ4v) is 18.9. The Bertz CT molecular complexity index is 1260. The van der Waals surface area contributed by atoms with Crippen molar-refractivity contribution < 1.29 is 32.2 Å². The van der Waals surface area contributed by atoms with Crippen molar-refractivity contribution in [3.8, 4) is 0 Å². The van der Waals surface area contributed by atoms with Crippen LogP contribution in [0.4, 0.5) is 0 Å². The third-order valence-corrected chi connectivity index (χ3v) is 22.2. The van der Waals surface area contributed by atoms with E-state index in [2.05, 4.69) is 78.5 Å². The molecule has 0 saturated heterocycles. The second-order valence-corrected chi connectivity index (χ2v) is 33.0. The summed E-state index contributed by atoms with van der Waals surface area (Å²) in [5.41, 5.74) is 0. The van der Waals surface area contributed by atoms with Crippen molar-refractivity contribution in [1.29, 1.82) is 0 Å². The van der Waals surface area contributed by atoms with E-state index in [1.54, 1.807) is 0 Å². The molecule has 70 heavy (non-hydrogen) atoms. The minimum atomic E-state index is -1.71. The van der Waals surface area contributed by atoms with Crippen molar-refractivity contribution in [1.82, 2.24) is 10.6 Å². The Morgan fingerprint density at radius 3 is 1.04 bits per heavy atom. The van der Waals surface area contributed by atoms with Crippen LogP contribution in [0.1, 0.15) is 238 Å². The van der Waals surface area contributed by atoms with Gasteiger partial charge < -0.3 is 28.5 Å². The number of hydrogen-bond donors (Lipinski definition) is 2. The molecule has 0 fully saturated rings. The maximum atomic E-state index is 12.6. The van der Waals surface area contributed by atoms with E-state index in [0.29, 0.717) is 24.2 Å². The lowest BCUT2D eigenvalue weighted by Crippen LogP contribution is -2.48. The highest BCUT2D eigenvalue weighted by atomic mass is 28.4. The van der Waals surface area contributed by atoms with Crippen molar-refractivity contribution in [2.24, 2.45) is 0 Å². The summed E-state index contributed by atoms with van der Waals surface area (Å²) in [6.07, 6.45) is 50.1. The SMILES string of the molecule is C=CC(=O)OCCCC[N+](C)(C)CC(=O)NCCCC[Si](C)(C)O[Si](C)(C)CCCCCCCCCCCCCCCCCCCCCCCCCCCCCCCCCCNC(=O)C[N+](C)(C)CC. The van der Waals surface area contributed by atoms with E-state index in [1.165, 1.54) is 211 Å². The van der Waals surface area contributed by atoms with E-state index in [9.17, 15) is 14.4 Å². The Balaban J connectivity index is 3.48. The topological polar surface area (TPSA) is 93.7 Å². The van der Waals surface area contributed by atoms with Crippen LogP contribution in [0, 0.1) is 0 Å². The molecule has 0 aromatic rings. The molecule has 0 spiro atoms. The van der Waals surface area contributed by atoms with Crippen molar-refractivity contribution in [2.45, 2.75) is 276 Å². The van der Waals surface area contributed by atoms with Gasteiger partial charge in [0.2, 0.25) is 0 Å². The summed E-state index contributed by atoms with van der Waals surface area (Å²) in [6, 6.07) is 2.44. The zero-order chi connectivity index (χ0) is 52.1. The number of carbonyl (C=O) groups is 3. The lowest BCUT2D eigenvalue weighted by atomic mass is 10.0. The van der Waals surface area contributed by atoms with Gasteiger partial charge in [0.15, 0.2) is 29.7 Å². The summed E-state index contributed by atoms with van der Waals surface area (Å²) in [4.78, 5) is 35.8. The molecule has 0 aromatic heterocycles. The zero-order valence-corrected chi connectivity index (χ0v) is 50.5. The maximum Gasteiger partial charge on any atom is 0.330 e. The predicted molar refractivity (Wildman–Crippen MR) is 308 cm³/mol. The van der Waals surface area contributed by atoms with Crippen molar-refractivity contribution in [3.63, 3.8) is 0 Å². The summed E-state index contributed by atoms with van der Waals surface area (Å²) in [6.45, 7) is 20.1.